The van der Waals surface area contributed by atoms with Crippen LogP contribution in [0.2, 0.25) is 0 Å². The number of piperidine rings is 1. The van der Waals surface area contributed by atoms with Crippen molar-refractivity contribution in [1.82, 2.24) is 24.9 Å². The number of aryl methyl sites for hydroxylation is 1. The Kier molecular flexibility index (Phi) is 5.57. The van der Waals surface area contributed by atoms with E-state index >= 15 is 0 Å². The summed E-state index contributed by atoms with van der Waals surface area (Å²) >= 11 is 0. The first-order chi connectivity index (χ1) is 15.2. The number of carbonyl (C=O) groups excluding carboxylic acids is 5. The van der Waals surface area contributed by atoms with Crippen LogP contribution in [-0.2, 0) is 28.0 Å². The number of carbonyl (C=O) groups is 5. The maximum atomic E-state index is 13.1. The Hall–Kier alpha value is -3.86. The van der Waals surface area contributed by atoms with Crippen molar-refractivity contribution < 1.29 is 24.0 Å². The third-order valence-electron chi connectivity index (χ3n) is 5.37. The van der Waals surface area contributed by atoms with E-state index in [2.05, 4.69) is 15.7 Å². The molecule has 11 heteroatoms. The van der Waals surface area contributed by atoms with Crippen molar-refractivity contribution in [3.63, 3.8) is 0 Å². The molecule has 166 valence electrons. The minimum atomic E-state index is -1.06. The lowest BCUT2D eigenvalue weighted by atomic mass is 10.0. The van der Waals surface area contributed by atoms with Crippen molar-refractivity contribution in [3.05, 3.63) is 47.3 Å². The van der Waals surface area contributed by atoms with Crippen LogP contribution in [0.4, 0.5) is 5.69 Å². The fourth-order valence-corrected chi connectivity index (χ4v) is 3.98. The summed E-state index contributed by atoms with van der Waals surface area (Å²) in [5.74, 6) is -2.77. The van der Waals surface area contributed by atoms with Crippen molar-refractivity contribution in [1.29, 1.82) is 0 Å². The van der Waals surface area contributed by atoms with Gasteiger partial charge in [0.1, 0.15) is 6.04 Å². The van der Waals surface area contributed by atoms with E-state index in [1.165, 1.54) is 12.1 Å². The van der Waals surface area contributed by atoms with Crippen LogP contribution in [0.5, 0.6) is 0 Å². The molecule has 1 fully saturated rings. The minimum Gasteiger partial charge on any atom is -0.324 e. The molecule has 0 bridgehead atoms. The third-order valence-corrected chi connectivity index (χ3v) is 5.37. The molecule has 1 aromatic carbocycles. The molecule has 3 heterocycles. The van der Waals surface area contributed by atoms with Crippen molar-refractivity contribution >= 4 is 35.2 Å². The summed E-state index contributed by atoms with van der Waals surface area (Å²) in [5.41, 5.74) is 1.31. The van der Waals surface area contributed by atoms with Gasteiger partial charge in [-0.3, -0.25) is 43.8 Å². The molecule has 0 aliphatic carbocycles. The average molecular weight is 438 g/mol. The zero-order valence-electron chi connectivity index (χ0n) is 17.6. The number of nitrogens with zero attached hydrogens (tertiary/aromatic N) is 4. The molecule has 2 aliphatic heterocycles. The third kappa shape index (κ3) is 4.02. The number of likely N-dealkylation sites (N-methyl/N-ethyl adjacent to an activating group) is 1. The molecule has 0 spiro atoms. The number of anilines is 1. The van der Waals surface area contributed by atoms with E-state index in [1.54, 1.807) is 28.9 Å². The van der Waals surface area contributed by atoms with Gasteiger partial charge in [-0.15, -0.1) is 0 Å². The molecule has 0 radical (unpaired) electrons. The Morgan fingerprint density at radius 3 is 2.72 bits per heavy atom. The minimum absolute atomic E-state index is 0.0384. The van der Waals surface area contributed by atoms with Gasteiger partial charge in [-0.25, -0.2) is 0 Å². The normalized spacial score (nSPS) is 18.2. The maximum Gasteiger partial charge on any atom is 0.264 e. The van der Waals surface area contributed by atoms with Gasteiger partial charge >= 0.3 is 0 Å². The lowest BCUT2D eigenvalue weighted by molar-refractivity contribution is -0.136. The number of fused-ring (bicyclic) bond motifs is 1. The Morgan fingerprint density at radius 2 is 2.03 bits per heavy atom. The summed E-state index contributed by atoms with van der Waals surface area (Å²) in [7, 11) is 3.59. The number of hydrogen-bond donors (Lipinski definition) is 2. The highest BCUT2D eigenvalue weighted by Crippen LogP contribution is 2.32. The Balaban J connectivity index is 1.48. The Bertz CT molecular complexity index is 1140. The highest BCUT2D eigenvalue weighted by atomic mass is 16.2. The van der Waals surface area contributed by atoms with Gasteiger partial charge in [0, 0.05) is 31.8 Å². The summed E-state index contributed by atoms with van der Waals surface area (Å²) in [4.78, 5) is 64.8. The fourth-order valence-electron chi connectivity index (χ4n) is 3.98. The molecular formula is C21H22N6O5. The number of imide groups is 2. The molecule has 2 aliphatic rings. The first-order valence-electron chi connectivity index (χ1n) is 10.0. The van der Waals surface area contributed by atoms with Crippen LogP contribution < -0.4 is 10.6 Å². The molecular weight excluding hydrogens is 416 g/mol. The molecule has 2 N–H and O–H groups in total. The molecule has 11 nitrogen and oxygen atoms in total. The molecule has 2 aromatic rings. The molecule has 1 unspecified atom stereocenters. The number of nitrogens with one attached hydrogen (secondary N) is 2. The van der Waals surface area contributed by atoms with Gasteiger partial charge in [0.2, 0.25) is 17.7 Å². The van der Waals surface area contributed by atoms with Crippen molar-refractivity contribution in [2.45, 2.75) is 25.4 Å². The van der Waals surface area contributed by atoms with E-state index in [0.717, 1.165) is 10.5 Å². The number of hydrogen-bond acceptors (Lipinski definition) is 7. The summed E-state index contributed by atoms with van der Waals surface area (Å²) in [6.07, 6.45) is 3.67. The van der Waals surface area contributed by atoms with E-state index in [-0.39, 0.29) is 42.1 Å². The molecule has 4 rings (SSSR count). The quantitative estimate of drug-likeness (QED) is 0.601. The average Bonchev–Trinajstić information content (AvgIpc) is 3.23. The molecule has 1 atom stereocenters. The van der Waals surface area contributed by atoms with Crippen LogP contribution in [0.25, 0.3) is 0 Å². The largest absolute Gasteiger partial charge is 0.324 e. The second-order valence-corrected chi connectivity index (χ2v) is 7.92. The first-order valence-corrected chi connectivity index (χ1v) is 10.0. The SMILES string of the molecule is CN(CC(=O)Nc1cccc2c1C(=O)N(C1CCC(=O)NC1=O)C2=O)Cc1cnn(C)c1. The number of benzene rings is 1. The summed E-state index contributed by atoms with van der Waals surface area (Å²) < 4.78 is 1.67. The predicted octanol–water partition coefficient (Wildman–Crippen LogP) is -0.108. The van der Waals surface area contributed by atoms with E-state index in [9.17, 15) is 24.0 Å². The lowest BCUT2D eigenvalue weighted by Gasteiger charge is -2.27. The van der Waals surface area contributed by atoms with Gasteiger partial charge in [0.15, 0.2) is 0 Å². The molecule has 1 aromatic heterocycles. The van der Waals surface area contributed by atoms with E-state index in [0.29, 0.717) is 6.54 Å². The van der Waals surface area contributed by atoms with E-state index < -0.39 is 29.7 Å². The van der Waals surface area contributed by atoms with Crippen LogP contribution >= 0.6 is 0 Å². The topological polar surface area (TPSA) is 134 Å². The molecule has 32 heavy (non-hydrogen) atoms. The van der Waals surface area contributed by atoms with Gasteiger partial charge in [-0.1, -0.05) is 6.07 Å². The van der Waals surface area contributed by atoms with Crippen molar-refractivity contribution in [2.24, 2.45) is 7.05 Å². The second kappa shape index (κ2) is 8.35. The molecule has 5 amide bonds. The van der Waals surface area contributed by atoms with Crippen LogP contribution in [0.1, 0.15) is 39.1 Å². The highest BCUT2D eigenvalue weighted by Gasteiger charge is 2.45. The van der Waals surface area contributed by atoms with Crippen LogP contribution in [-0.4, -0.2) is 68.8 Å². The van der Waals surface area contributed by atoms with Crippen molar-refractivity contribution in [3.8, 4) is 0 Å². The van der Waals surface area contributed by atoms with Crippen LogP contribution in [0.3, 0.4) is 0 Å². The smallest absolute Gasteiger partial charge is 0.264 e. The number of aromatic nitrogens is 2. The Labute approximate surface area is 183 Å². The molecule has 0 saturated carbocycles. The fraction of sp³-hybridized carbons (Fsp3) is 0.333. The van der Waals surface area contributed by atoms with Gasteiger partial charge in [-0.05, 0) is 25.6 Å². The Morgan fingerprint density at radius 1 is 1.25 bits per heavy atom. The van der Waals surface area contributed by atoms with Gasteiger partial charge in [0.05, 0.1) is 29.6 Å². The van der Waals surface area contributed by atoms with Gasteiger partial charge in [-0.2, -0.15) is 5.10 Å². The molecule has 1 saturated heterocycles. The summed E-state index contributed by atoms with van der Waals surface area (Å²) in [5, 5.41) is 8.95. The zero-order chi connectivity index (χ0) is 23.0. The summed E-state index contributed by atoms with van der Waals surface area (Å²) in [6.45, 7) is 0.562. The number of rotatable bonds is 6. The monoisotopic (exact) mass is 438 g/mol. The van der Waals surface area contributed by atoms with E-state index in [4.69, 9.17) is 0 Å². The lowest BCUT2D eigenvalue weighted by Crippen LogP contribution is -2.54. The zero-order valence-corrected chi connectivity index (χ0v) is 17.6. The standard InChI is InChI=1S/C21H22N6O5/c1-25(9-12-8-22-26(2)10-12)11-17(29)23-14-5-3-4-13-18(14)21(32)27(20(13)31)15-6-7-16(28)24-19(15)30/h3-5,8,10,15H,6-7,9,11H2,1-2H3,(H,23,29)(H,24,28,30). The first kappa shape index (κ1) is 21.4. The second-order valence-electron chi connectivity index (χ2n) is 7.92. The van der Waals surface area contributed by atoms with E-state index in [1.807, 2.05) is 13.2 Å². The van der Waals surface area contributed by atoms with Gasteiger partial charge in [0.25, 0.3) is 11.8 Å². The summed E-state index contributed by atoms with van der Waals surface area (Å²) in [6, 6.07) is 3.52. The predicted molar refractivity (Wildman–Crippen MR) is 111 cm³/mol. The number of amides is 5. The highest BCUT2D eigenvalue weighted by molar-refractivity contribution is 6.26. The van der Waals surface area contributed by atoms with Crippen molar-refractivity contribution in [2.75, 3.05) is 18.9 Å². The van der Waals surface area contributed by atoms with Crippen LogP contribution in [0, 0.1) is 0 Å². The van der Waals surface area contributed by atoms with Gasteiger partial charge < -0.3 is 5.32 Å². The maximum absolute atomic E-state index is 13.1. The van der Waals surface area contributed by atoms with Crippen LogP contribution in [0.15, 0.2) is 30.6 Å².